The van der Waals surface area contributed by atoms with Gasteiger partial charge in [0.05, 0.1) is 39.8 Å². The maximum atomic E-state index is 5.43. The van der Waals surface area contributed by atoms with E-state index in [0.717, 1.165) is 22.8 Å². The molecule has 0 spiro atoms. The SMILES string of the molecule is COc1cc(-c2cc3nc(NCc4ccco4)ccn3n2)cc(OC)c1OC. The molecule has 0 aliphatic rings. The maximum Gasteiger partial charge on any atom is 0.203 e. The summed E-state index contributed by atoms with van der Waals surface area (Å²) in [4.78, 5) is 4.60. The molecule has 1 aromatic carbocycles. The zero-order valence-corrected chi connectivity index (χ0v) is 15.8. The topological polar surface area (TPSA) is 83.1 Å². The predicted octanol–water partition coefficient (Wildman–Crippen LogP) is 3.63. The summed E-state index contributed by atoms with van der Waals surface area (Å²) >= 11 is 0. The largest absolute Gasteiger partial charge is 0.493 e. The second-order valence-corrected chi connectivity index (χ2v) is 5.99. The fourth-order valence-electron chi connectivity index (χ4n) is 2.94. The fourth-order valence-corrected chi connectivity index (χ4v) is 2.94. The summed E-state index contributed by atoms with van der Waals surface area (Å²) in [7, 11) is 4.75. The lowest BCUT2D eigenvalue weighted by atomic mass is 10.1. The molecule has 0 saturated heterocycles. The molecule has 0 aliphatic heterocycles. The molecule has 0 radical (unpaired) electrons. The predicted molar refractivity (Wildman–Crippen MR) is 104 cm³/mol. The van der Waals surface area contributed by atoms with Gasteiger partial charge in [-0.3, -0.25) is 0 Å². The van der Waals surface area contributed by atoms with Crippen LogP contribution in [0.2, 0.25) is 0 Å². The van der Waals surface area contributed by atoms with Crippen LogP contribution in [0, 0.1) is 0 Å². The van der Waals surface area contributed by atoms with Crippen molar-refractivity contribution >= 4 is 11.5 Å². The van der Waals surface area contributed by atoms with Gasteiger partial charge in [0, 0.05) is 17.8 Å². The molecule has 0 fully saturated rings. The lowest BCUT2D eigenvalue weighted by Crippen LogP contribution is -2.01. The Morgan fingerprint density at radius 2 is 1.82 bits per heavy atom. The summed E-state index contributed by atoms with van der Waals surface area (Å²) in [5.41, 5.74) is 2.30. The minimum Gasteiger partial charge on any atom is -0.493 e. The van der Waals surface area contributed by atoms with Gasteiger partial charge in [0.15, 0.2) is 17.1 Å². The highest BCUT2D eigenvalue weighted by atomic mass is 16.5. The molecule has 4 rings (SSSR count). The lowest BCUT2D eigenvalue weighted by molar-refractivity contribution is 0.324. The Balaban J connectivity index is 1.66. The van der Waals surface area contributed by atoms with Gasteiger partial charge < -0.3 is 23.9 Å². The van der Waals surface area contributed by atoms with E-state index in [0.29, 0.717) is 29.4 Å². The summed E-state index contributed by atoms with van der Waals surface area (Å²) < 4.78 is 23.3. The van der Waals surface area contributed by atoms with Gasteiger partial charge in [-0.1, -0.05) is 0 Å². The number of nitrogens with one attached hydrogen (secondary N) is 1. The molecule has 0 aliphatic carbocycles. The van der Waals surface area contributed by atoms with Crippen LogP contribution < -0.4 is 19.5 Å². The van der Waals surface area contributed by atoms with Crippen molar-refractivity contribution in [1.82, 2.24) is 14.6 Å². The van der Waals surface area contributed by atoms with E-state index in [9.17, 15) is 0 Å². The van der Waals surface area contributed by atoms with Gasteiger partial charge in [0.1, 0.15) is 11.6 Å². The number of nitrogens with zero attached hydrogens (tertiary/aromatic N) is 3. The second-order valence-electron chi connectivity index (χ2n) is 5.99. The van der Waals surface area contributed by atoms with E-state index in [1.54, 1.807) is 32.1 Å². The average molecular weight is 380 g/mol. The Morgan fingerprint density at radius 3 is 2.46 bits per heavy atom. The Hall–Kier alpha value is -3.68. The number of aromatic nitrogens is 3. The average Bonchev–Trinajstić information content (AvgIpc) is 3.40. The van der Waals surface area contributed by atoms with Crippen LogP contribution in [0.25, 0.3) is 16.9 Å². The highest BCUT2D eigenvalue weighted by Crippen LogP contribution is 2.41. The first-order chi connectivity index (χ1) is 13.7. The minimum atomic E-state index is 0.542. The van der Waals surface area contributed by atoms with Crippen molar-refractivity contribution in [2.75, 3.05) is 26.6 Å². The molecule has 0 bridgehead atoms. The first kappa shape index (κ1) is 17.7. The Labute approximate surface area is 161 Å². The molecule has 8 heteroatoms. The van der Waals surface area contributed by atoms with Gasteiger partial charge >= 0.3 is 0 Å². The number of fused-ring (bicyclic) bond motifs is 1. The number of hydrogen-bond donors (Lipinski definition) is 1. The summed E-state index contributed by atoms with van der Waals surface area (Å²) in [6, 6.07) is 11.3. The summed E-state index contributed by atoms with van der Waals surface area (Å²) in [5.74, 6) is 3.26. The van der Waals surface area contributed by atoms with Gasteiger partial charge in [0.2, 0.25) is 5.75 Å². The lowest BCUT2D eigenvalue weighted by Gasteiger charge is -2.13. The smallest absolute Gasteiger partial charge is 0.203 e. The first-order valence-corrected chi connectivity index (χ1v) is 8.65. The minimum absolute atomic E-state index is 0.542. The monoisotopic (exact) mass is 380 g/mol. The second kappa shape index (κ2) is 7.51. The number of hydrogen-bond acceptors (Lipinski definition) is 7. The molecule has 0 atom stereocenters. The summed E-state index contributed by atoms with van der Waals surface area (Å²) in [5, 5.41) is 7.83. The molecule has 3 aromatic heterocycles. The third kappa shape index (κ3) is 3.32. The van der Waals surface area contributed by atoms with Crippen molar-refractivity contribution in [3.8, 4) is 28.5 Å². The molecular weight excluding hydrogens is 360 g/mol. The van der Waals surface area contributed by atoms with Crippen molar-refractivity contribution in [3.63, 3.8) is 0 Å². The van der Waals surface area contributed by atoms with E-state index in [1.807, 2.05) is 42.6 Å². The van der Waals surface area contributed by atoms with Crippen LogP contribution in [-0.4, -0.2) is 35.9 Å². The highest BCUT2D eigenvalue weighted by Gasteiger charge is 2.16. The number of furan rings is 1. The summed E-state index contributed by atoms with van der Waals surface area (Å²) in [6.07, 6.45) is 3.50. The van der Waals surface area contributed by atoms with E-state index < -0.39 is 0 Å². The van der Waals surface area contributed by atoms with Crippen LogP contribution in [-0.2, 0) is 6.54 Å². The molecule has 0 saturated carbocycles. The van der Waals surface area contributed by atoms with E-state index in [2.05, 4.69) is 15.4 Å². The van der Waals surface area contributed by atoms with Crippen molar-refractivity contribution in [2.45, 2.75) is 6.54 Å². The van der Waals surface area contributed by atoms with E-state index in [4.69, 9.17) is 18.6 Å². The van der Waals surface area contributed by atoms with Gasteiger partial charge in [-0.05, 0) is 30.3 Å². The Morgan fingerprint density at radius 1 is 1.04 bits per heavy atom. The standard InChI is InChI=1S/C20H20N4O4/c1-25-16-9-13(10-17(26-2)20(16)27-3)15-11-19-22-18(6-7-24(19)23-15)21-12-14-5-4-8-28-14/h4-11H,12H2,1-3H3,(H,21,22). The Bertz CT molecular complexity index is 1060. The third-order valence-corrected chi connectivity index (χ3v) is 4.31. The molecule has 1 N–H and O–H groups in total. The van der Waals surface area contributed by atoms with Crippen molar-refractivity contribution in [3.05, 3.63) is 54.6 Å². The number of anilines is 1. The van der Waals surface area contributed by atoms with E-state index >= 15 is 0 Å². The summed E-state index contributed by atoms with van der Waals surface area (Å²) in [6.45, 7) is 0.560. The first-order valence-electron chi connectivity index (χ1n) is 8.65. The zero-order valence-electron chi connectivity index (χ0n) is 15.8. The normalized spacial score (nSPS) is 10.8. The highest BCUT2D eigenvalue weighted by molar-refractivity contribution is 5.71. The van der Waals surface area contributed by atoms with Crippen LogP contribution in [0.5, 0.6) is 17.2 Å². The number of benzene rings is 1. The van der Waals surface area contributed by atoms with Gasteiger partial charge in [-0.2, -0.15) is 5.10 Å². The molecule has 28 heavy (non-hydrogen) atoms. The van der Waals surface area contributed by atoms with Gasteiger partial charge in [-0.15, -0.1) is 0 Å². The van der Waals surface area contributed by atoms with Crippen molar-refractivity contribution in [1.29, 1.82) is 0 Å². The fraction of sp³-hybridized carbons (Fsp3) is 0.200. The van der Waals surface area contributed by atoms with Crippen LogP contribution in [0.4, 0.5) is 5.82 Å². The van der Waals surface area contributed by atoms with E-state index in [1.165, 1.54) is 0 Å². The van der Waals surface area contributed by atoms with Crippen molar-refractivity contribution < 1.29 is 18.6 Å². The molecule has 0 amide bonds. The zero-order chi connectivity index (χ0) is 19.5. The van der Waals surface area contributed by atoms with Crippen LogP contribution in [0.3, 0.4) is 0 Å². The number of ether oxygens (including phenoxy) is 3. The maximum absolute atomic E-state index is 5.43. The molecule has 8 nitrogen and oxygen atoms in total. The van der Waals surface area contributed by atoms with Gasteiger partial charge in [-0.25, -0.2) is 9.50 Å². The molecule has 144 valence electrons. The number of methoxy groups -OCH3 is 3. The Kier molecular flexibility index (Phi) is 4.76. The molecule has 4 aromatic rings. The van der Waals surface area contributed by atoms with Crippen LogP contribution >= 0.6 is 0 Å². The molecule has 3 heterocycles. The van der Waals surface area contributed by atoms with Crippen molar-refractivity contribution in [2.24, 2.45) is 0 Å². The third-order valence-electron chi connectivity index (χ3n) is 4.31. The molecular formula is C20H20N4O4. The molecule has 0 unspecified atom stereocenters. The number of rotatable bonds is 7. The quantitative estimate of drug-likeness (QED) is 0.524. The van der Waals surface area contributed by atoms with E-state index in [-0.39, 0.29) is 0 Å². The van der Waals surface area contributed by atoms with Crippen LogP contribution in [0.15, 0.2) is 53.3 Å². The van der Waals surface area contributed by atoms with Crippen LogP contribution in [0.1, 0.15) is 5.76 Å². The van der Waals surface area contributed by atoms with Gasteiger partial charge in [0.25, 0.3) is 0 Å².